The first-order valence-corrected chi connectivity index (χ1v) is 31.1. The number of carbonyl (C=O) groups is 3. The molecule has 6 nitrogen and oxygen atoms in total. The summed E-state index contributed by atoms with van der Waals surface area (Å²) >= 11 is 0. The van der Waals surface area contributed by atoms with Crippen molar-refractivity contribution in [1.29, 1.82) is 0 Å². The van der Waals surface area contributed by atoms with Gasteiger partial charge in [-0.3, -0.25) is 14.4 Å². The second kappa shape index (κ2) is 59.9. The fourth-order valence-corrected chi connectivity index (χ4v) is 9.13. The number of rotatable bonds is 57. The van der Waals surface area contributed by atoms with Crippen molar-refractivity contribution in [3.63, 3.8) is 0 Å². The molecule has 0 rings (SSSR count). The van der Waals surface area contributed by atoms with E-state index in [0.29, 0.717) is 19.3 Å². The van der Waals surface area contributed by atoms with Crippen molar-refractivity contribution in [3.8, 4) is 0 Å². The lowest BCUT2D eigenvalue weighted by molar-refractivity contribution is -0.167. The van der Waals surface area contributed by atoms with Gasteiger partial charge in [0.15, 0.2) is 6.10 Å². The monoisotopic (exact) mass is 995 g/mol. The van der Waals surface area contributed by atoms with Crippen molar-refractivity contribution >= 4 is 17.9 Å². The molecular weight excluding hydrogens is 877 g/mol. The van der Waals surface area contributed by atoms with Crippen LogP contribution >= 0.6 is 0 Å². The molecule has 0 aliphatic carbocycles. The van der Waals surface area contributed by atoms with Crippen molar-refractivity contribution in [2.24, 2.45) is 0 Å². The van der Waals surface area contributed by atoms with E-state index in [4.69, 9.17) is 14.2 Å². The molecule has 1 atom stereocenters. The maximum atomic E-state index is 12.9. The molecule has 71 heavy (non-hydrogen) atoms. The van der Waals surface area contributed by atoms with Crippen LogP contribution in [0.4, 0.5) is 0 Å². The normalized spacial score (nSPS) is 12.3. The minimum absolute atomic E-state index is 0.0785. The van der Waals surface area contributed by atoms with Crippen LogP contribution in [0, 0.1) is 0 Å². The Labute approximate surface area is 441 Å². The molecule has 0 N–H and O–H groups in total. The van der Waals surface area contributed by atoms with Gasteiger partial charge in [-0.15, -0.1) is 0 Å². The van der Waals surface area contributed by atoms with Crippen molar-refractivity contribution in [2.75, 3.05) is 13.2 Å². The predicted molar refractivity (Wildman–Crippen MR) is 307 cm³/mol. The molecule has 0 spiro atoms. The summed E-state index contributed by atoms with van der Waals surface area (Å²) in [4.78, 5) is 38.3. The van der Waals surface area contributed by atoms with Crippen LogP contribution in [0.5, 0.6) is 0 Å². The number of hydrogen-bond donors (Lipinski definition) is 0. The van der Waals surface area contributed by atoms with Gasteiger partial charge >= 0.3 is 17.9 Å². The molecule has 0 fully saturated rings. The van der Waals surface area contributed by atoms with E-state index in [9.17, 15) is 14.4 Å². The van der Waals surface area contributed by atoms with E-state index >= 15 is 0 Å². The average molecular weight is 996 g/mol. The number of ether oxygens (including phenoxy) is 3. The molecule has 6 heteroatoms. The van der Waals surface area contributed by atoms with Crippen molar-refractivity contribution in [3.05, 3.63) is 48.6 Å². The SMILES string of the molecule is CCCCC/C=C/C/C=C/C/C=C/C/C=C/CCCCCC(=O)OC[C@@H](COC(=O)CCCCCCCCCCCCCCCCC)OC(=O)CCCCCCCCCCCCCCCCCCCCC. The summed E-state index contributed by atoms with van der Waals surface area (Å²) in [6.07, 6.45) is 73.9. The third-order valence-electron chi connectivity index (χ3n) is 13.8. The van der Waals surface area contributed by atoms with Gasteiger partial charge in [-0.2, -0.15) is 0 Å². The van der Waals surface area contributed by atoms with E-state index in [-0.39, 0.29) is 31.1 Å². The molecule has 0 aliphatic rings. The highest BCUT2D eigenvalue weighted by atomic mass is 16.6. The van der Waals surface area contributed by atoms with Crippen LogP contribution in [0.25, 0.3) is 0 Å². The molecule has 0 aromatic carbocycles. The largest absolute Gasteiger partial charge is 0.462 e. The zero-order chi connectivity index (χ0) is 51.4. The number of esters is 3. The quantitative estimate of drug-likeness (QED) is 0.0261. The Hall–Kier alpha value is -2.63. The first-order chi connectivity index (χ1) is 35.0. The fourth-order valence-electron chi connectivity index (χ4n) is 9.13. The molecule has 0 unspecified atom stereocenters. The topological polar surface area (TPSA) is 78.9 Å². The third kappa shape index (κ3) is 58.1. The van der Waals surface area contributed by atoms with Gasteiger partial charge in [-0.05, 0) is 64.2 Å². The average Bonchev–Trinajstić information content (AvgIpc) is 3.37. The van der Waals surface area contributed by atoms with Crippen LogP contribution in [0.15, 0.2) is 48.6 Å². The van der Waals surface area contributed by atoms with Gasteiger partial charge in [0, 0.05) is 19.3 Å². The Morgan fingerprint density at radius 3 is 0.817 bits per heavy atom. The van der Waals surface area contributed by atoms with Gasteiger partial charge in [0.1, 0.15) is 13.2 Å². The standard InChI is InChI=1S/C65H118O6/c1-4-7-10-13-16-19-22-25-28-30-32-34-37-40-43-46-49-52-55-58-64(67)70-61-62(60-69-63(66)57-54-51-48-45-42-39-36-27-24-21-18-15-12-9-6-3)71-65(68)59-56-53-50-47-44-41-38-35-33-31-29-26-23-20-17-14-11-8-5-2/h16,19,25,28,32,34,40,43,62H,4-15,17-18,20-24,26-27,29-31,33,35-39,41-42,44-61H2,1-3H3/b19-16+,28-25+,34-32+,43-40+/t62-/m1/s1. The van der Waals surface area contributed by atoms with Crippen molar-refractivity contribution < 1.29 is 28.6 Å². The van der Waals surface area contributed by atoms with E-state index in [1.54, 1.807) is 0 Å². The van der Waals surface area contributed by atoms with Gasteiger partial charge < -0.3 is 14.2 Å². The van der Waals surface area contributed by atoms with Crippen LogP contribution < -0.4 is 0 Å². The van der Waals surface area contributed by atoms with Crippen LogP contribution in [-0.2, 0) is 28.6 Å². The number of unbranched alkanes of at least 4 members (excludes halogenated alkanes) is 38. The van der Waals surface area contributed by atoms with E-state index in [1.165, 1.54) is 205 Å². The van der Waals surface area contributed by atoms with Crippen LogP contribution in [0.2, 0.25) is 0 Å². The number of carbonyl (C=O) groups excluding carboxylic acids is 3. The van der Waals surface area contributed by atoms with Crippen molar-refractivity contribution in [1.82, 2.24) is 0 Å². The molecule has 0 radical (unpaired) electrons. The zero-order valence-corrected chi connectivity index (χ0v) is 47.5. The number of allylic oxidation sites excluding steroid dienone is 8. The van der Waals surface area contributed by atoms with E-state index < -0.39 is 6.10 Å². The lowest BCUT2D eigenvalue weighted by atomic mass is 10.0. The lowest BCUT2D eigenvalue weighted by Crippen LogP contribution is -2.30. The fraction of sp³-hybridized carbons (Fsp3) is 0.831. The Bertz CT molecular complexity index is 1230. The summed E-state index contributed by atoms with van der Waals surface area (Å²) in [6, 6.07) is 0. The van der Waals surface area contributed by atoms with Crippen LogP contribution in [-0.4, -0.2) is 37.2 Å². The lowest BCUT2D eigenvalue weighted by Gasteiger charge is -2.18. The summed E-state index contributed by atoms with van der Waals surface area (Å²) in [5.41, 5.74) is 0. The molecule has 0 aromatic rings. The van der Waals surface area contributed by atoms with Gasteiger partial charge in [-0.25, -0.2) is 0 Å². The van der Waals surface area contributed by atoms with Crippen LogP contribution in [0.1, 0.15) is 329 Å². The minimum atomic E-state index is -0.783. The van der Waals surface area contributed by atoms with E-state index in [2.05, 4.69) is 69.4 Å². The molecule has 0 saturated carbocycles. The highest BCUT2D eigenvalue weighted by Gasteiger charge is 2.19. The second-order valence-electron chi connectivity index (χ2n) is 21.0. The summed E-state index contributed by atoms with van der Waals surface area (Å²) in [5.74, 6) is -0.889. The Kier molecular flexibility index (Phi) is 57.7. The highest BCUT2D eigenvalue weighted by Crippen LogP contribution is 2.17. The summed E-state index contributed by atoms with van der Waals surface area (Å²) in [6.45, 7) is 6.64. The first-order valence-electron chi connectivity index (χ1n) is 31.1. The molecule has 0 heterocycles. The minimum Gasteiger partial charge on any atom is -0.462 e. The van der Waals surface area contributed by atoms with Crippen LogP contribution in [0.3, 0.4) is 0 Å². The maximum absolute atomic E-state index is 12.9. The van der Waals surface area contributed by atoms with Gasteiger partial charge in [0.05, 0.1) is 0 Å². The van der Waals surface area contributed by atoms with E-state index in [1.807, 2.05) is 0 Å². The molecule has 0 aromatic heterocycles. The van der Waals surface area contributed by atoms with Gasteiger partial charge in [0.2, 0.25) is 0 Å². The smallest absolute Gasteiger partial charge is 0.306 e. The second-order valence-corrected chi connectivity index (χ2v) is 21.0. The van der Waals surface area contributed by atoms with Crippen molar-refractivity contribution in [2.45, 2.75) is 335 Å². The molecular formula is C65H118O6. The number of hydrogen-bond acceptors (Lipinski definition) is 6. The Balaban J connectivity index is 4.38. The Morgan fingerprint density at radius 2 is 0.507 bits per heavy atom. The summed E-state index contributed by atoms with van der Waals surface area (Å²) in [7, 11) is 0. The maximum Gasteiger partial charge on any atom is 0.306 e. The first kappa shape index (κ1) is 68.4. The molecule has 0 saturated heterocycles. The zero-order valence-electron chi connectivity index (χ0n) is 47.5. The van der Waals surface area contributed by atoms with Gasteiger partial charge in [-0.1, -0.05) is 294 Å². The summed E-state index contributed by atoms with van der Waals surface area (Å²) < 4.78 is 16.9. The molecule has 0 bridgehead atoms. The molecule has 414 valence electrons. The summed E-state index contributed by atoms with van der Waals surface area (Å²) in [5, 5.41) is 0. The third-order valence-corrected chi connectivity index (χ3v) is 13.8. The highest BCUT2D eigenvalue weighted by molar-refractivity contribution is 5.71. The van der Waals surface area contributed by atoms with Gasteiger partial charge in [0.25, 0.3) is 0 Å². The molecule has 0 aliphatic heterocycles. The molecule has 0 amide bonds. The Morgan fingerprint density at radius 1 is 0.282 bits per heavy atom. The van der Waals surface area contributed by atoms with E-state index in [0.717, 1.165) is 83.5 Å². The predicted octanol–water partition coefficient (Wildman–Crippen LogP) is 21.0.